The van der Waals surface area contributed by atoms with Gasteiger partial charge in [-0.3, -0.25) is 0 Å². The number of nitrogens with zero attached hydrogens (tertiary/aromatic N) is 1. The van der Waals surface area contributed by atoms with Crippen LogP contribution in [0.4, 0.5) is 0 Å². The van der Waals surface area contributed by atoms with E-state index in [0.717, 1.165) is 0 Å². The zero-order chi connectivity index (χ0) is 5.70. The molecule has 0 rings (SSSR count). The second-order valence-electron chi connectivity index (χ2n) is 1.25. The average Bonchev–Trinajstić information content (AvgIpc) is 1.68. The minimum Gasteiger partial charge on any atom is -0.394 e. The molecule has 3 heteroatoms. The van der Waals surface area contributed by atoms with Crippen LogP contribution in [0.1, 0.15) is 6.92 Å². The Morgan fingerprint density at radius 2 is 2.57 bits per heavy atom. The minimum atomic E-state index is -0.294. The van der Waals surface area contributed by atoms with Gasteiger partial charge in [-0.05, 0) is 6.92 Å². The van der Waals surface area contributed by atoms with E-state index in [9.17, 15) is 4.79 Å². The maximum atomic E-state index is 9.37. The largest absolute Gasteiger partial charge is 0.394 e. The van der Waals surface area contributed by atoms with Gasteiger partial charge in [0, 0.05) is 0 Å². The van der Waals surface area contributed by atoms with Crippen molar-refractivity contribution < 1.29 is 9.90 Å². The van der Waals surface area contributed by atoms with E-state index in [2.05, 4.69) is 4.99 Å². The van der Waals surface area contributed by atoms with Crippen molar-refractivity contribution in [2.75, 3.05) is 6.61 Å². The van der Waals surface area contributed by atoms with Crippen LogP contribution < -0.4 is 0 Å². The van der Waals surface area contributed by atoms with E-state index in [1.54, 1.807) is 6.92 Å². The summed E-state index contributed by atoms with van der Waals surface area (Å²) < 4.78 is 0. The van der Waals surface area contributed by atoms with Crippen molar-refractivity contribution in [3.8, 4) is 0 Å². The zero-order valence-electron chi connectivity index (χ0n) is 4.09. The molecule has 3 nitrogen and oxygen atoms in total. The quantitative estimate of drug-likeness (QED) is 0.383. The van der Waals surface area contributed by atoms with E-state index in [0.29, 0.717) is 0 Å². The van der Waals surface area contributed by atoms with Gasteiger partial charge in [-0.25, -0.2) is 9.79 Å². The minimum absolute atomic E-state index is 0.0881. The number of aliphatic hydroxyl groups excluding tert-OH is 1. The van der Waals surface area contributed by atoms with Crippen LogP contribution >= 0.6 is 0 Å². The highest BCUT2D eigenvalue weighted by molar-refractivity contribution is 5.33. The van der Waals surface area contributed by atoms with Gasteiger partial charge in [0.2, 0.25) is 6.08 Å². The van der Waals surface area contributed by atoms with Crippen molar-refractivity contribution in [1.29, 1.82) is 0 Å². The predicted molar refractivity (Wildman–Crippen MR) is 24.7 cm³/mol. The second kappa shape index (κ2) is 3.53. The standard InChI is InChI=1S/C4H7NO2/c1-4(2-6)5-3-7/h4,6H,2H2,1H3. The number of aliphatic hydroxyl groups is 1. The van der Waals surface area contributed by atoms with Gasteiger partial charge >= 0.3 is 0 Å². The molecule has 0 amide bonds. The Morgan fingerprint density at radius 3 is 2.71 bits per heavy atom. The van der Waals surface area contributed by atoms with Gasteiger partial charge < -0.3 is 5.11 Å². The molecule has 0 saturated heterocycles. The summed E-state index contributed by atoms with van der Waals surface area (Å²) in [6.07, 6.45) is 1.33. The molecule has 0 radical (unpaired) electrons. The summed E-state index contributed by atoms with van der Waals surface area (Å²) in [6, 6.07) is -0.294. The molecule has 0 saturated carbocycles. The summed E-state index contributed by atoms with van der Waals surface area (Å²) in [5.74, 6) is 0. The fraction of sp³-hybridized carbons (Fsp3) is 0.750. The molecule has 7 heavy (non-hydrogen) atoms. The molecule has 1 N–H and O–H groups in total. The maximum Gasteiger partial charge on any atom is 0.235 e. The summed E-state index contributed by atoms with van der Waals surface area (Å²) in [5, 5.41) is 8.19. The summed E-state index contributed by atoms with van der Waals surface area (Å²) in [5.41, 5.74) is 0. The molecule has 0 fully saturated rings. The molecule has 0 aromatic heterocycles. The Labute approximate surface area is 41.7 Å². The molecule has 0 aromatic carbocycles. The molecular weight excluding hydrogens is 94.0 g/mol. The van der Waals surface area contributed by atoms with Crippen molar-refractivity contribution in [2.24, 2.45) is 4.99 Å². The molecule has 0 aliphatic heterocycles. The van der Waals surface area contributed by atoms with E-state index in [-0.39, 0.29) is 12.6 Å². The van der Waals surface area contributed by atoms with Crippen LogP contribution in [0.3, 0.4) is 0 Å². The van der Waals surface area contributed by atoms with Gasteiger partial charge in [0.1, 0.15) is 0 Å². The number of isocyanates is 1. The van der Waals surface area contributed by atoms with Gasteiger partial charge in [0.15, 0.2) is 0 Å². The third-order valence-electron chi connectivity index (χ3n) is 0.537. The van der Waals surface area contributed by atoms with Crippen LogP contribution in [0.2, 0.25) is 0 Å². The van der Waals surface area contributed by atoms with Gasteiger partial charge in [0.05, 0.1) is 12.6 Å². The zero-order valence-corrected chi connectivity index (χ0v) is 4.09. The monoisotopic (exact) mass is 101 g/mol. The first-order chi connectivity index (χ1) is 3.31. The number of hydrogen-bond donors (Lipinski definition) is 1. The Morgan fingerprint density at radius 1 is 2.00 bits per heavy atom. The van der Waals surface area contributed by atoms with Crippen LogP contribution in [0, 0.1) is 0 Å². The second-order valence-corrected chi connectivity index (χ2v) is 1.25. The van der Waals surface area contributed by atoms with Crippen molar-refractivity contribution in [3.63, 3.8) is 0 Å². The number of carbonyl (C=O) groups excluding carboxylic acids is 1. The predicted octanol–water partition coefficient (Wildman–Crippen LogP) is -0.297. The maximum absolute atomic E-state index is 9.37. The Bertz CT molecular complexity index is 85.7. The molecular formula is C4H7NO2. The van der Waals surface area contributed by atoms with Crippen molar-refractivity contribution >= 4 is 6.08 Å². The summed E-state index contributed by atoms with van der Waals surface area (Å²) >= 11 is 0. The lowest BCUT2D eigenvalue weighted by Crippen LogP contribution is -2.02. The van der Waals surface area contributed by atoms with Crippen LogP contribution in [0.15, 0.2) is 4.99 Å². The molecule has 1 unspecified atom stereocenters. The molecule has 0 bridgehead atoms. The lowest BCUT2D eigenvalue weighted by Gasteiger charge is -1.91. The summed E-state index contributed by atoms with van der Waals surface area (Å²) in [4.78, 5) is 12.6. The van der Waals surface area contributed by atoms with E-state index in [1.165, 1.54) is 6.08 Å². The lowest BCUT2D eigenvalue weighted by molar-refractivity contribution is 0.274. The van der Waals surface area contributed by atoms with Gasteiger partial charge in [-0.2, -0.15) is 0 Å². The van der Waals surface area contributed by atoms with Crippen LogP contribution in [0.5, 0.6) is 0 Å². The summed E-state index contributed by atoms with van der Waals surface area (Å²) in [6.45, 7) is 1.54. The third kappa shape index (κ3) is 3.16. The number of hydrogen-bond acceptors (Lipinski definition) is 3. The molecule has 0 spiro atoms. The van der Waals surface area contributed by atoms with Crippen molar-refractivity contribution in [2.45, 2.75) is 13.0 Å². The number of rotatable bonds is 2. The first-order valence-electron chi connectivity index (χ1n) is 1.99. The lowest BCUT2D eigenvalue weighted by atomic mass is 10.4. The van der Waals surface area contributed by atoms with E-state index >= 15 is 0 Å². The summed E-state index contributed by atoms with van der Waals surface area (Å²) in [7, 11) is 0. The Hall–Kier alpha value is -0.660. The number of aliphatic imine (C=N–C) groups is 1. The van der Waals surface area contributed by atoms with E-state index in [4.69, 9.17) is 5.11 Å². The highest BCUT2D eigenvalue weighted by Crippen LogP contribution is 1.80. The SMILES string of the molecule is CC(CO)N=C=O. The van der Waals surface area contributed by atoms with Crippen molar-refractivity contribution in [1.82, 2.24) is 0 Å². The average molecular weight is 101 g/mol. The normalized spacial score (nSPS) is 12.3. The van der Waals surface area contributed by atoms with Crippen LogP contribution in [-0.4, -0.2) is 23.8 Å². The third-order valence-corrected chi connectivity index (χ3v) is 0.537. The van der Waals surface area contributed by atoms with E-state index in [1.807, 2.05) is 0 Å². The van der Waals surface area contributed by atoms with Gasteiger partial charge in [0.25, 0.3) is 0 Å². The first kappa shape index (κ1) is 6.34. The highest BCUT2D eigenvalue weighted by Gasteiger charge is 1.90. The van der Waals surface area contributed by atoms with Crippen LogP contribution in [0.25, 0.3) is 0 Å². The Kier molecular flexibility index (Phi) is 3.19. The molecule has 0 heterocycles. The first-order valence-corrected chi connectivity index (χ1v) is 1.99. The Balaban J connectivity index is 3.35. The van der Waals surface area contributed by atoms with Crippen molar-refractivity contribution in [3.05, 3.63) is 0 Å². The van der Waals surface area contributed by atoms with E-state index < -0.39 is 0 Å². The molecule has 0 aliphatic rings. The molecule has 0 aliphatic carbocycles. The molecule has 0 aromatic rings. The van der Waals surface area contributed by atoms with Crippen LogP contribution in [-0.2, 0) is 4.79 Å². The van der Waals surface area contributed by atoms with Gasteiger partial charge in [-0.15, -0.1) is 0 Å². The highest BCUT2D eigenvalue weighted by atomic mass is 16.3. The molecule has 40 valence electrons. The fourth-order valence-corrected chi connectivity index (χ4v) is 0.131. The van der Waals surface area contributed by atoms with Gasteiger partial charge in [-0.1, -0.05) is 0 Å². The topological polar surface area (TPSA) is 49.7 Å². The fourth-order valence-electron chi connectivity index (χ4n) is 0.131. The smallest absolute Gasteiger partial charge is 0.235 e. The molecule has 1 atom stereocenters.